The molecule has 0 aliphatic heterocycles. The van der Waals surface area contributed by atoms with E-state index in [0.717, 1.165) is 0 Å². The molecule has 0 amide bonds. The summed E-state index contributed by atoms with van der Waals surface area (Å²) >= 11 is 5.46. The van der Waals surface area contributed by atoms with E-state index in [1.807, 2.05) is 0 Å². The van der Waals surface area contributed by atoms with Crippen LogP contribution in [0.1, 0.15) is 18.4 Å². The van der Waals surface area contributed by atoms with E-state index in [1.54, 1.807) is 6.07 Å². The first-order valence-electron chi connectivity index (χ1n) is 4.65. The van der Waals surface area contributed by atoms with Gasteiger partial charge in [-0.05, 0) is 42.1 Å². The molecule has 0 bridgehead atoms. The molecule has 1 aliphatic carbocycles. The first-order valence-corrected chi connectivity index (χ1v) is 5.02. The average molecular weight is 231 g/mol. The van der Waals surface area contributed by atoms with Crippen LogP contribution in [0.4, 0.5) is 8.78 Å². The predicted molar refractivity (Wildman–Crippen MR) is 53.1 cm³/mol. The Hall–Kier alpha value is -0.960. The van der Waals surface area contributed by atoms with Crippen molar-refractivity contribution in [1.29, 1.82) is 0 Å². The van der Waals surface area contributed by atoms with Crippen LogP contribution in [0.2, 0.25) is 0 Å². The maximum absolute atomic E-state index is 13.0. The molecular weight excluding hydrogens is 222 g/mol. The lowest BCUT2D eigenvalue weighted by Gasteiger charge is -2.41. The van der Waals surface area contributed by atoms with Crippen LogP contribution in [0.3, 0.4) is 0 Å². The van der Waals surface area contributed by atoms with Gasteiger partial charge in [-0.3, -0.25) is 4.79 Å². The fourth-order valence-corrected chi connectivity index (χ4v) is 2.26. The quantitative estimate of drug-likeness (QED) is 0.714. The zero-order valence-corrected chi connectivity index (χ0v) is 8.60. The highest BCUT2D eigenvalue weighted by atomic mass is 35.5. The number of carbonyl (C=O) groups is 1. The van der Waals surface area contributed by atoms with E-state index in [-0.39, 0.29) is 12.8 Å². The van der Waals surface area contributed by atoms with Crippen LogP contribution in [-0.2, 0) is 10.2 Å². The summed E-state index contributed by atoms with van der Waals surface area (Å²) in [6.45, 7) is 0. The summed E-state index contributed by atoms with van der Waals surface area (Å²) in [4.78, 5) is 11.3. The van der Waals surface area contributed by atoms with Gasteiger partial charge in [-0.25, -0.2) is 8.78 Å². The lowest BCUT2D eigenvalue weighted by atomic mass is 9.64. The van der Waals surface area contributed by atoms with E-state index < -0.39 is 22.6 Å². The molecule has 0 N–H and O–H groups in total. The second-order valence-corrected chi connectivity index (χ2v) is 4.21. The first-order chi connectivity index (χ1) is 7.04. The second kappa shape index (κ2) is 3.56. The van der Waals surface area contributed by atoms with Crippen LogP contribution in [0.5, 0.6) is 0 Å². The minimum Gasteiger partial charge on any atom is -0.280 e. The molecule has 1 aliphatic rings. The van der Waals surface area contributed by atoms with Crippen molar-refractivity contribution in [3.8, 4) is 0 Å². The molecule has 80 valence electrons. The highest BCUT2D eigenvalue weighted by Crippen LogP contribution is 2.47. The van der Waals surface area contributed by atoms with E-state index >= 15 is 0 Å². The Morgan fingerprint density at radius 3 is 2.60 bits per heavy atom. The lowest BCUT2D eigenvalue weighted by Crippen LogP contribution is -2.47. The SMILES string of the molecule is O=C(Cl)C1(c2cccc(F)c2)CC(F)C1. The summed E-state index contributed by atoms with van der Waals surface area (Å²) in [5.41, 5.74) is -0.542. The van der Waals surface area contributed by atoms with Gasteiger partial charge in [0.25, 0.3) is 0 Å². The maximum Gasteiger partial charge on any atom is 0.232 e. The van der Waals surface area contributed by atoms with Gasteiger partial charge in [0.05, 0.1) is 5.41 Å². The fraction of sp³-hybridized carbons (Fsp3) is 0.364. The fourth-order valence-electron chi connectivity index (χ4n) is 1.99. The van der Waals surface area contributed by atoms with Gasteiger partial charge in [0, 0.05) is 0 Å². The summed E-state index contributed by atoms with van der Waals surface area (Å²) in [6.07, 6.45) is -0.909. The number of halogens is 3. The molecule has 1 aromatic rings. The molecule has 1 nitrogen and oxygen atoms in total. The molecular formula is C11H9ClF2O. The molecule has 0 saturated heterocycles. The summed E-state index contributed by atoms with van der Waals surface area (Å²) < 4.78 is 25.8. The molecule has 0 heterocycles. The summed E-state index contributed by atoms with van der Waals surface area (Å²) in [6, 6.07) is 5.63. The van der Waals surface area contributed by atoms with Crippen molar-refractivity contribution in [2.24, 2.45) is 0 Å². The highest BCUT2D eigenvalue weighted by molar-refractivity contribution is 6.65. The largest absolute Gasteiger partial charge is 0.280 e. The third-order valence-electron chi connectivity index (χ3n) is 2.89. The molecule has 15 heavy (non-hydrogen) atoms. The highest BCUT2D eigenvalue weighted by Gasteiger charge is 2.51. The molecule has 1 saturated carbocycles. The minimum atomic E-state index is -1.02. The molecule has 0 unspecified atom stereocenters. The maximum atomic E-state index is 13.0. The topological polar surface area (TPSA) is 17.1 Å². The van der Waals surface area contributed by atoms with Crippen molar-refractivity contribution < 1.29 is 13.6 Å². The van der Waals surface area contributed by atoms with Gasteiger partial charge in [-0.2, -0.15) is 0 Å². The van der Waals surface area contributed by atoms with E-state index in [2.05, 4.69) is 0 Å². The Morgan fingerprint density at radius 2 is 2.13 bits per heavy atom. The van der Waals surface area contributed by atoms with Crippen molar-refractivity contribution in [2.45, 2.75) is 24.4 Å². The van der Waals surface area contributed by atoms with Crippen LogP contribution in [0.15, 0.2) is 24.3 Å². The van der Waals surface area contributed by atoms with Gasteiger partial charge < -0.3 is 0 Å². The second-order valence-electron chi connectivity index (χ2n) is 3.87. The standard InChI is InChI=1S/C11H9ClF2O/c12-10(15)11(5-9(14)6-11)7-2-1-3-8(13)4-7/h1-4,9H,5-6H2. The Kier molecular flexibility index (Phi) is 2.51. The van der Waals surface area contributed by atoms with Gasteiger partial charge in [-0.15, -0.1) is 0 Å². The molecule has 0 aromatic heterocycles. The van der Waals surface area contributed by atoms with E-state index in [4.69, 9.17) is 11.6 Å². The van der Waals surface area contributed by atoms with E-state index in [1.165, 1.54) is 18.2 Å². The molecule has 0 radical (unpaired) electrons. The minimum absolute atomic E-state index is 0.0544. The van der Waals surface area contributed by atoms with Gasteiger partial charge in [0.1, 0.15) is 12.0 Å². The molecule has 4 heteroatoms. The summed E-state index contributed by atoms with van der Waals surface area (Å²) in [5, 5.41) is -0.609. The Bertz CT molecular complexity index is 399. The normalized spacial score (nSPS) is 29.7. The number of rotatable bonds is 2. The predicted octanol–water partition coefficient (Wildman–Crippen LogP) is 2.96. The van der Waals surface area contributed by atoms with Gasteiger partial charge in [-0.1, -0.05) is 12.1 Å². The smallest absolute Gasteiger partial charge is 0.232 e. The van der Waals surface area contributed by atoms with Crippen molar-refractivity contribution >= 4 is 16.8 Å². The molecule has 0 spiro atoms. The zero-order chi connectivity index (χ0) is 11.1. The van der Waals surface area contributed by atoms with Crippen LogP contribution in [0, 0.1) is 5.82 Å². The lowest BCUT2D eigenvalue weighted by molar-refractivity contribution is -0.122. The number of benzene rings is 1. The van der Waals surface area contributed by atoms with Crippen LogP contribution >= 0.6 is 11.6 Å². The molecule has 2 rings (SSSR count). The van der Waals surface area contributed by atoms with E-state index in [0.29, 0.717) is 5.56 Å². The zero-order valence-electron chi connectivity index (χ0n) is 7.84. The Morgan fingerprint density at radius 1 is 1.47 bits per heavy atom. The number of hydrogen-bond acceptors (Lipinski definition) is 1. The van der Waals surface area contributed by atoms with Gasteiger partial charge in [0.2, 0.25) is 5.24 Å². The van der Waals surface area contributed by atoms with Crippen LogP contribution in [0.25, 0.3) is 0 Å². The Balaban J connectivity index is 2.39. The van der Waals surface area contributed by atoms with Crippen molar-refractivity contribution in [3.05, 3.63) is 35.6 Å². The third kappa shape index (κ3) is 1.65. The Labute approximate surface area is 91.0 Å². The third-order valence-corrected chi connectivity index (χ3v) is 3.26. The molecule has 0 atom stereocenters. The first kappa shape index (κ1) is 10.6. The molecule has 1 aromatic carbocycles. The number of alkyl halides is 1. The van der Waals surface area contributed by atoms with Crippen LogP contribution in [-0.4, -0.2) is 11.4 Å². The van der Waals surface area contributed by atoms with Crippen molar-refractivity contribution in [2.75, 3.05) is 0 Å². The van der Waals surface area contributed by atoms with Gasteiger partial charge >= 0.3 is 0 Å². The summed E-state index contributed by atoms with van der Waals surface area (Å²) in [7, 11) is 0. The number of carbonyl (C=O) groups excluding carboxylic acids is 1. The average Bonchev–Trinajstić information content (AvgIpc) is 2.12. The number of hydrogen-bond donors (Lipinski definition) is 0. The monoisotopic (exact) mass is 230 g/mol. The van der Waals surface area contributed by atoms with Crippen LogP contribution < -0.4 is 0 Å². The van der Waals surface area contributed by atoms with Gasteiger partial charge in [0.15, 0.2) is 0 Å². The van der Waals surface area contributed by atoms with Crippen molar-refractivity contribution in [3.63, 3.8) is 0 Å². The van der Waals surface area contributed by atoms with E-state index in [9.17, 15) is 13.6 Å². The van der Waals surface area contributed by atoms with Crippen molar-refractivity contribution in [1.82, 2.24) is 0 Å². The molecule has 1 fully saturated rings. The summed E-state index contributed by atoms with van der Waals surface area (Å²) in [5.74, 6) is -0.438.